The van der Waals surface area contributed by atoms with Crippen molar-refractivity contribution in [2.24, 2.45) is 5.92 Å². The molecule has 0 saturated heterocycles. The molecule has 1 aromatic carbocycles. The Morgan fingerprint density at radius 1 is 1.35 bits per heavy atom. The second kappa shape index (κ2) is 6.02. The lowest BCUT2D eigenvalue weighted by Gasteiger charge is -2.25. The van der Waals surface area contributed by atoms with E-state index >= 15 is 0 Å². The Bertz CT molecular complexity index is 848. The predicted molar refractivity (Wildman–Crippen MR) is 88.4 cm³/mol. The van der Waals surface area contributed by atoms with E-state index in [1.807, 2.05) is 7.05 Å². The molecule has 6 heteroatoms. The Morgan fingerprint density at radius 3 is 2.74 bits per heavy atom. The molecule has 23 heavy (non-hydrogen) atoms. The molecule has 0 aliphatic heterocycles. The zero-order valence-electron chi connectivity index (χ0n) is 13.4. The molecule has 6 nitrogen and oxygen atoms in total. The number of rotatable bonds is 5. The summed E-state index contributed by atoms with van der Waals surface area (Å²) in [6, 6.07) is 7.18. The normalized spacial score (nSPS) is 15.6. The maximum atomic E-state index is 12.3. The van der Waals surface area contributed by atoms with E-state index in [2.05, 4.69) is 11.9 Å². The molecule has 3 rings (SSSR count). The number of para-hydroxylation sites is 1. The van der Waals surface area contributed by atoms with Gasteiger partial charge in [0.2, 0.25) is 5.91 Å². The zero-order valence-corrected chi connectivity index (χ0v) is 13.4. The van der Waals surface area contributed by atoms with E-state index in [1.54, 1.807) is 29.2 Å². The number of benzene rings is 1. The van der Waals surface area contributed by atoms with Crippen molar-refractivity contribution in [3.63, 3.8) is 0 Å². The standard InChI is InChI=1S/C17H21N3O3/c1-11(12-7-8-12)19(2)15(21)9-10-20-14-6-4-3-5-13(14)16(22)18-17(20)23/h3-6,11-12H,7-10H2,1-2H3,(H,18,22,23). The number of amides is 1. The molecule has 1 saturated carbocycles. The first kappa shape index (κ1) is 15.5. The summed E-state index contributed by atoms with van der Waals surface area (Å²) in [4.78, 5) is 40.3. The van der Waals surface area contributed by atoms with Crippen LogP contribution in [-0.2, 0) is 11.3 Å². The van der Waals surface area contributed by atoms with E-state index in [-0.39, 0.29) is 24.9 Å². The molecule has 0 spiro atoms. The summed E-state index contributed by atoms with van der Waals surface area (Å²) in [5, 5.41) is 0.458. The van der Waals surface area contributed by atoms with Gasteiger partial charge in [-0.05, 0) is 37.8 Å². The molecule has 1 fully saturated rings. The first-order valence-electron chi connectivity index (χ1n) is 7.96. The van der Waals surface area contributed by atoms with Crippen LogP contribution in [0.4, 0.5) is 0 Å². The summed E-state index contributed by atoms with van der Waals surface area (Å²) in [5.74, 6) is 0.632. The van der Waals surface area contributed by atoms with Crippen LogP contribution in [0.5, 0.6) is 0 Å². The molecule has 1 aromatic heterocycles. The Balaban J connectivity index is 1.80. The van der Waals surface area contributed by atoms with Crippen LogP contribution in [-0.4, -0.2) is 33.4 Å². The quantitative estimate of drug-likeness (QED) is 0.904. The van der Waals surface area contributed by atoms with Gasteiger partial charge in [-0.2, -0.15) is 0 Å². The van der Waals surface area contributed by atoms with Crippen LogP contribution in [0.2, 0.25) is 0 Å². The van der Waals surface area contributed by atoms with Gasteiger partial charge in [0, 0.05) is 26.1 Å². The van der Waals surface area contributed by atoms with Gasteiger partial charge in [-0.25, -0.2) is 4.79 Å². The van der Waals surface area contributed by atoms with Crippen LogP contribution in [0.3, 0.4) is 0 Å². The fourth-order valence-electron chi connectivity index (χ4n) is 2.97. The molecular formula is C17H21N3O3. The minimum Gasteiger partial charge on any atom is -0.343 e. The maximum Gasteiger partial charge on any atom is 0.328 e. The summed E-state index contributed by atoms with van der Waals surface area (Å²) < 4.78 is 1.46. The number of fused-ring (bicyclic) bond motifs is 1. The van der Waals surface area contributed by atoms with Crippen LogP contribution in [0.15, 0.2) is 33.9 Å². The van der Waals surface area contributed by atoms with Crippen molar-refractivity contribution < 1.29 is 4.79 Å². The number of H-pyrrole nitrogens is 1. The highest BCUT2D eigenvalue weighted by Crippen LogP contribution is 2.34. The van der Waals surface area contributed by atoms with Gasteiger partial charge in [0.25, 0.3) is 5.56 Å². The molecule has 0 radical (unpaired) electrons. The monoisotopic (exact) mass is 315 g/mol. The molecule has 1 aliphatic carbocycles. The fraction of sp³-hybridized carbons (Fsp3) is 0.471. The Hall–Kier alpha value is -2.37. The van der Waals surface area contributed by atoms with Gasteiger partial charge in [-0.15, -0.1) is 0 Å². The molecule has 1 N–H and O–H groups in total. The predicted octanol–water partition coefficient (Wildman–Crippen LogP) is 1.34. The minimum absolute atomic E-state index is 0.0200. The number of hydrogen-bond acceptors (Lipinski definition) is 3. The van der Waals surface area contributed by atoms with Crippen LogP contribution in [0, 0.1) is 5.92 Å². The first-order valence-corrected chi connectivity index (χ1v) is 7.96. The topological polar surface area (TPSA) is 75.2 Å². The van der Waals surface area contributed by atoms with Crippen LogP contribution in [0.25, 0.3) is 10.9 Å². The van der Waals surface area contributed by atoms with Crippen LogP contribution in [0.1, 0.15) is 26.2 Å². The summed E-state index contributed by atoms with van der Waals surface area (Å²) in [6.07, 6.45) is 2.61. The van der Waals surface area contributed by atoms with Crippen LogP contribution >= 0.6 is 0 Å². The number of hydrogen-bond donors (Lipinski definition) is 1. The number of carbonyl (C=O) groups excluding carboxylic acids is 1. The van der Waals surface area contributed by atoms with E-state index in [0.717, 1.165) is 0 Å². The van der Waals surface area contributed by atoms with E-state index in [9.17, 15) is 14.4 Å². The van der Waals surface area contributed by atoms with Crippen LogP contribution < -0.4 is 11.2 Å². The van der Waals surface area contributed by atoms with E-state index in [1.165, 1.54) is 17.4 Å². The number of aromatic nitrogens is 2. The van der Waals surface area contributed by atoms with Gasteiger partial charge in [0.15, 0.2) is 0 Å². The highest BCUT2D eigenvalue weighted by atomic mass is 16.2. The lowest BCUT2D eigenvalue weighted by Crippen LogP contribution is -2.38. The average molecular weight is 315 g/mol. The van der Waals surface area contributed by atoms with Crippen molar-refractivity contribution in [3.8, 4) is 0 Å². The van der Waals surface area contributed by atoms with Gasteiger partial charge >= 0.3 is 5.69 Å². The lowest BCUT2D eigenvalue weighted by atomic mass is 10.2. The second-order valence-corrected chi connectivity index (χ2v) is 6.26. The van der Waals surface area contributed by atoms with Crippen molar-refractivity contribution in [1.82, 2.24) is 14.5 Å². The van der Waals surface area contributed by atoms with Gasteiger partial charge < -0.3 is 4.90 Å². The minimum atomic E-state index is -0.473. The molecule has 1 unspecified atom stereocenters. The van der Waals surface area contributed by atoms with E-state index < -0.39 is 11.2 Å². The van der Waals surface area contributed by atoms with E-state index in [0.29, 0.717) is 16.8 Å². The summed E-state index contributed by atoms with van der Waals surface area (Å²) in [5.41, 5.74) is -0.306. The van der Waals surface area contributed by atoms with Crippen molar-refractivity contribution >= 4 is 16.8 Å². The van der Waals surface area contributed by atoms with Gasteiger partial charge in [-0.1, -0.05) is 12.1 Å². The Labute approximate surface area is 133 Å². The Morgan fingerprint density at radius 2 is 2.04 bits per heavy atom. The molecule has 1 atom stereocenters. The molecule has 122 valence electrons. The van der Waals surface area contributed by atoms with Gasteiger partial charge in [0.1, 0.15) is 0 Å². The number of aromatic amines is 1. The fourth-order valence-corrected chi connectivity index (χ4v) is 2.97. The van der Waals surface area contributed by atoms with Crippen molar-refractivity contribution in [2.75, 3.05) is 7.05 Å². The van der Waals surface area contributed by atoms with E-state index in [4.69, 9.17) is 0 Å². The summed E-state index contributed by atoms with van der Waals surface area (Å²) in [7, 11) is 1.82. The maximum absolute atomic E-state index is 12.3. The molecule has 1 aliphatic rings. The lowest BCUT2D eigenvalue weighted by molar-refractivity contribution is -0.132. The number of aryl methyl sites for hydroxylation is 1. The third kappa shape index (κ3) is 3.06. The molecule has 1 heterocycles. The van der Waals surface area contributed by atoms with Crippen molar-refractivity contribution in [1.29, 1.82) is 0 Å². The average Bonchev–Trinajstić information content (AvgIpc) is 3.38. The largest absolute Gasteiger partial charge is 0.343 e. The molecule has 1 amide bonds. The summed E-state index contributed by atoms with van der Waals surface area (Å²) in [6.45, 7) is 2.33. The molecular weight excluding hydrogens is 294 g/mol. The third-order valence-electron chi connectivity index (χ3n) is 4.76. The SMILES string of the molecule is CC(C1CC1)N(C)C(=O)CCn1c(=O)[nH]c(=O)c2ccccc21. The third-order valence-corrected chi connectivity index (χ3v) is 4.76. The van der Waals surface area contributed by atoms with Crippen molar-refractivity contribution in [2.45, 2.75) is 38.8 Å². The highest BCUT2D eigenvalue weighted by molar-refractivity contribution is 5.79. The smallest absolute Gasteiger partial charge is 0.328 e. The molecule has 0 bridgehead atoms. The molecule has 2 aromatic rings. The number of nitrogens with zero attached hydrogens (tertiary/aromatic N) is 2. The zero-order chi connectivity index (χ0) is 16.6. The number of carbonyl (C=O) groups is 1. The highest BCUT2D eigenvalue weighted by Gasteiger charge is 2.32. The second-order valence-electron chi connectivity index (χ2n) is 6.26. The number of nitrogens with one attached hydrogen (secondary N) is 1. The first-order chi connectivity index (χ1) is 11.0. The summed E-state index contributed by atoms with van der Waals surface area (Å²) >= 11 is 0. The van der Waals surface area contributed by atoms with Gasteiger partial charge in [-0.3, -0.25) is 19.1 Å². The Kier molecular flexibility index (Phi) is 4.07. The van der Waals surface area contributed by atoms with Gasteiger partial charge in [0.05, 0.1) is 10.9 Å². The van der Waals surface area contributed by atoms with Crippen molar-refractivity contribution in [3.05, 3.63) is 45.1 Å².